The summed E-state index contributed by atoms with van der Waals surface area (Å²) >= 11 is 16.5. The van der Waals surface area contributed by atoms with Crippen LogP contribution in [0.25, 0.3) is 6.08 Å². The molecule has 0 aromatic heterocycles. The molecule has 0 aliphatic rings. The first kappa shape index (κ1) is 25.6. The second-order valence-electron chi connectivity index (χ2n) is 6.67. The van der Waals surface area contributed by atoms with Gasteiger partial charge in [-0.2, -0.15) is 5.26 Å². The Bertz CT molecular complexity index is 1260. The van der Waals surface area contributed by atoms with E-state index in [1.165, 1.54) is 13.2 Å². The topological polar surface area (TPSA) is 71.3 Å². The highest BCUT2D eigenvalue weighted by atomic mass is 127. The molecular weight excluding hydrogens is 689 g/mol. The van der Waals surface area contributed by atoms with Crippen molar-refractivity contribution in [2.45, 2.75) is 6.61 Å². The molecule has 0 radical (unpaired) electrons. The van der Waals surface area contributed by atoms with Gasteiger partial charge in [-0.3, -0.25) is 4.79 Å². The van der Waals surface area contributed by atoms with Crippen LogP contribution in [-0.2, 0) is 11.4 Å². The van der Waals surface area contributed by atoms with Crippen molar-refractivity contribution in [2.75, 3.05) is 12.4 Å². The number of ether oxygens (including phenoxy) is 2. The normalized spacial score (nSPS) is 11.0. The van der Waals surface area contributed by atoms with E-state index in [0.29, 0.717) is 34.4 Å². The van der Waals surface area contributed by atoms with E-state index in [1.807, 2.05) is 36.4 Å². The van der Waals surface area contributed by atoms with Crippen molar-refractivity contribution in [1.29, 1.82) is 5.26 Å². The van der Waals surface area contributed by atoms with Gasteiger partial charge in [0, 0.05) is 3.57 Å². The van der Waals surface area contributed by atoms with E-state index in [9.17, 15) is 10.1 Å². The summed E-state index contributed by atoms with van der Waals surface area (Å²) in [5.74, 6) is 0.478. The number of nitrogens with one attached hydrogen (secondary N) is 1. The van der Waals surface area contributed by atoms with Gasteiger partial charge in [0.1, 0.15) is 18.2 Å². The second kappa shape index (κ2) is 11.9. The Hall–Kier alpha value is -2.00. The van der Waals surface area contributed by atoms with Crippen LogP contribution in [0.1, 0.15) is 11.1 Å². The number of hydrogen-bond donors (Lipinski definition) is 1. The monoisotopic (exact) mass is 704 g/mol. The van der Waals surface area contributed by atoms with Crippen molar-refractivity contribution in [2.24, 2.45) is 0 Å². The number of amides is 1. The molecule has 0 aliphatic heterocycles. The van der Waals surface area contributed by atoms with Gasteiger partial charge in [0.05, 0.1) is 26.4 Å². The zero-order valence-electron chi connectivity index (χ0n) is 17.2. The van der Waals surface area contributed by atoms with E-state index in [1.54, 1.807) is 24.3 Å². The molecule has 0 aliphatic carbocycles. The molecule has 0 fully saturated rings. The highest BCUT2D eigenvalue weighted by Crippen LogP contribution is 2.35. The number of carbonyl (C=O) groups is 1. The van der Waals surface area contributed by atoms with Crippen molar-refractivity contribution in [3.8, 4) is 17.6 Å². The zero-order valence-corrected chi connectivity index (χ0v) is 23.0. The minimum atomic E-state index is -0.602. The maximum Gasteiger partial charge on any atom is 0.266 e. The summed E-state index contributed by atoms with van der Waals surface area (Å²) in [4.78, 5) is 12.6. The van der Waals surface area contributed by atoms with Gasteiger partial charge < -0.3 is 14.8 Å². The molecule has 9 heteroatoms. The summed E-state index contributed by atoms with van der Waals surface area (Å²) < 4.78 is 13.4. The summed E-state index contributed by atoms with van der Waals surface area (Å²) in [6.07, 6.45) is 1.47. The van der Waals surface area contributed by atoms with Gasteiger partial charge >= 0.3 is 0 Å². The lowest BCUT2D eigenvalue weighted by atomic mass is 10.1. The van der Waals surface area contributed by atoms with Gasteiger partial charge in [0.25, 0.3) is 5.91 Å². The summed E-state index contributed by atoms with van der Waals surface area (Å²) in [5, 5.41) is 12.7. The highest BCUT2D eigenvalue weighted by Gasteiger charge is 2.15. The van der Waals surface area contributed by atoms with E-state index in [2.05, 4.69) is 50.5 Å². The van der Waals surface area contributed by atoms with Crippen LogP contribution in [0, 0.1) is 18.5 Å². The first-order valence-electron chi connectivity index (χ1n) is 9.44. The molecule has 3 aromatic rings. The molecule has 1 N–H and O–H groups in total. The van der Waals surface area contributed by atoms with Crippen molar-refractivity contribution in [3.05, 3.63) is 88.5 Å². The second-order valence-corrected chi connectivity index (χ2v) is 9.87. The molecule has 0 saturated heterocycles. The molecule has 3 aromatic carbocycles. The van der Waals surface area contributed by atoms with Crippen molar-refractivity contribution < 1.29 is 14.3 Å². The number of benzene rings is 3. The molecule has 0 bridgehead atoms. The van der Waals surface area contributed by atoms with Gasteiger partial charge in [-0.15, -0.1) is 0 Å². The van der Waals surface area contributed by atoms with Gasteiger partial charge in [-0.25, -0.2) is 0 Å². The summed E-state index contributed by atoms with van der Waals surface area (Å²) in [6.45, 7) is 0.380. The molecule has 0 unspecified atom stereocenters. The average Bonchev–Trinajstić information content (AvgIpc) is 2.80. The molecule has 0 atom stereocenters. The fourth-order valence-electron chi connectivity index (χ4n) is 2.80. The quantitative estimate of drug-likeness (QED) is 0.159. The number of anilines is 1. The van der Waals surface area contributed by atoms with E-state index < -0.39 is 5.91 Å². The molecule has 0 heterocycles. The molecule has 5 nitrogen and oxygen atoms in total. The average molecular weight is 705 g/mol. The van der Waals surface area contributed by atoms with Crippen LogP contribution in [0.4, 0.5) is 5.69 Å². The lowest BCUT2D eigenvalue weighted by Gasteiger charge is -2.14. The van der Waals surface area contributed by atoms with Crippen LogP contribution >= 0.6 is 68.4 Å². The number of rotatable bonds is 7. The van der Waals surface area contributed by atoms with Crippen molar-refractivity contribution in [1.82, 2.24) is 0 Å². The number of halogens is 4. The molecule has 3 rings (SSSR count). The fraction of sp³-hybridized carbons (Fsp3) is 0.0833. The maximum absolute atomic E-state index is 12.6. The molecular formula is C24H16Cl2I2N2O3. The molecule has 0 spiro atoms. The Morgan fingerprint density at radius 3 is 2.55 bits per heavy atom. The smallest absolute Gasteiger partial charge is 0.266 e. The molecule has 1 amide bonds. The standard InChI is InChI=1S/C24H16Cl2I2N2O3/c1-32-21-11-15(10-19(28)23(21)33-13-14-5-7-17(27)8-6-14)9-16(12-29)24(31)30-20-4-2-3-18(25)22(20)26/h2-11H,13H2,1H3,(H,30,31)/b16-9-. The number of methoxy groups -OCH3 is 1. The Morgan fingerprint density at radius 1 is 1.15 bits per heavy atom. The van der Waals surface area contributed by atoms with Gasteiger partial charge in [0.2, 0.25) is 0 Å². The van der Waals surface area contributed by atoms with Crippen LogP contribution in [0.3, 0.4) is 0 Å². The van der Waals surface area contributed by atoms with Gasteiger partial charge in [-0.1, -0.05) is 41.4 Å². The van der Waals surface area contributed by atoms with E-state index in [0.717, 1.165) is 12.7 Å². The predicted octanol–water partition coefficient (Wildman–Crippen LogP) is 7.34. The zero-order chi connectivity index (χ0) is 24.0. The fourth-order valence-corrected chi connectivity index (χ4v) is 4.29. The molecule has 168 valence electrons. The van der Waals surface area contributed by atoms with Crippen LogP contribution in [0.15, 0.2) is 60.2 Å². The number of carbonyl (C=O) groups excluding carboxylic acids is 1. The Morgan fingerprint density at radius 2 is 1.88 bits per heavy atom. The highest BCUT2D eigenvalue weighted by molar-refractivity contribution is 14.1. The third-order valence-corrected chi connectivity index (χ3v) is 6.76. The third kappa shape index (κ3) is 6.76. The van der Waals surface area contributed by atoms with Crippen LogP contribution in [0.2, 0.25) is 10.0 Å². The third-order valence-electron chi connectivity index (χ3n) is 4.42. The summed E-state index contributed by atoms with van der Waals surface area (Å²) in [7, 11) is 1.54. The number of hydrogen-bond acceptors (Lipinski definition) is 4. The number of nitriles is 1. The van der Waals surface area contributed by atoms with Crippen LogP contribution in [0.5, 0.6) is 11.5 Å². The molecule has 33 heavy (non-hydrogen) atoms. The van der Waals surface area contributed by atoms with Crippen molar-refractivity contribution in [3.63, 3.8) is 0 Å². The van der Waals surface area contributed by atoms with Gasteiger partial charge in [0.15, 0.2) is 11.5 Å². The minimum absolute atomic E-state index is 0.101. The van der Waals surface area contributed by atoms with E-state index in [-0.39, 0.29) is 10.6 Å². The van der Waals surface area contributed by atoms with Crippen molar-refractivity contribution >= 4 is 86.1 Å². The van der Waals surface area contributed by atoms with E-state index in [4.69, 9.17) is 32.7 Å². The lowest BCUT2D eigenvalue weighted by molar-refractivity contribution is -0.112. The van der Waals surface area contributed by atoms with Crippen LogP contribution < -0.4 is 14.8 Å². The first-order chi connectivity index (χ1) is 15.8. The number of nitrogens with zero attached hydrogens (tertiary/aromatic N) is 1. The summed E-state index contributed by atoms with van der Waals surface area (Å²) in [6, 6.07) is 18.3. The largest absolute Gasteiger partial charge is 0.493 e. The Labute approximate surface area is 229 Å². The van der Waals surface area contributed by atoms with Gasteiger partial charge in [-0.05, 0) is 98.8 Å². The maximum atomic E-state index is 12.6. The van der Waals surface area contributed by atoms with E-state index >= 15 is 0 Å². The Balaban J connectivity index is 1.83. The first-order valence-corrected chi connectivity index (χ1v) is 12.4. The SMILES string of the molecule is COc1cc(/C=C(/C#N)C(=O)Nc2cccc(Cl)c2Cl)cc(I)c1OCc1ccc(I)cc1. The minimum Gasteiger partial charge on any atom is -0.493 e. The Kier molecular flexibility index (Phi) is 9.26. The summed E-state index contributed by atoms with van der Waals surface area (Å²) in [5.41, 5.74) is 1.86. The predicted molar refractivity (Wildman–Crippen MR) is 148 cm³/mol. The lowest BCUT2D eigenvalue weighted by Crippen LogP contribution is -2.13. The van der Waals surface area contributed by atoms with Crippen LogP contribution in [-0.4, -0.2) is 13.0 Å². The molecule has 0 saturated carbocycles.